The first-order chi connectivity index (χ1) is 11.5. The maximum Gasteiger partial charge on any atom is 0.416 e. The number of fused-ring (bicyclic) bond motifs is 1. The second-order valence-electron chi connectivity index (χ2n) is 5.80. The molecule has 0 amide bonds. The third kappa shape index (κ3) is 3.51. The molecule has 0 saturated heterocycles. The van der Waals surface area contributed by atoms with Gasteiger partial charge in [-0.1, -0.05) is 48.5 Å². The van der Waals surface area contributed by atoms with Crippen LogP contribution < -0.4 is 0 Å². The Bertz CT molecular complexity index is 858. The van der Waals surface area contributed by atoms with Gasteiger partial charge < -0.3 is 0 Å². The lowest BCUT2D eigenvalue weighted by Gasteiger charge is -2.09. The standard InChI is InChI=1S/C21H17F3/c1-2-3-4-15-5-7-16(8-6-15)17-9-10-19-14-20(21(22,23)24)12-11-18(19)13-17/h2,5-14H,1,3-4H2. The number of benzene rings is 3. The van der Waals surface area contributed by atoms with Gasteiger partial charge in [-0.3, -0.25) is 0 Å². The molecule has 3 rings (SSSR count). The first kappa shape index (κ1) is 16.3. The molecule has 0 aliphatic heterocycles. The number of alkyl halides is 3. The molecule has 0 unspecified atom stereocenters. The molecule has 0 spiro atoms. The number of allylic oxidation sites excluding steroid dienone is 1. The Labute approximate surface area is 139 Å². The fourth-order valence-corrected chi connectivity index (χ4v) is 2.73. The van der Waals surface area contributed by atoms with Crippen LogP contribution in [0, 0.1) is 0 Å². The topological polar surface area (TPSA) is 0 Å². The average Bonchev–Trinajstić information content (AvgIpc) is 2.58. The zero-order chi connectivity index (χ0) is 17.2. The zero-order valence-electron chi connectivity index (χ0n) is 13.1. The highest BCUT2D eigenvalue weighted by atomic mass is 19.4. The Hall–Kier alpha value is -2.55. The van der Waals surface area contributed by atoms with Crippen molar-refractivity contribution in [3.8, 4) is 11.1 Å². The highest BCUT2D eigenvalue weighted by Gasteiger charge is 2.30. The summed E-state index contributed by atoms with van der Waals surface area (Å²) in [6.07, 6.45) is -0.515. The Morgan fingerprint density at radius 1 is 0.792 bits per heavy atom. The van der Waals surface area contributed by atoms with Crippen LogP contribution in [0.2, 0.25) is 0 Å². The van der Waals surface area contributed by atoms with E-state index in [0.717, 1.165) is 35.4 Å². The quantitative estimate of drug-likeness (QED) is 0.471. The predicted molar refractivity (Wildman–Crippen MR) is 92.9 cm³/mol. The van der Waals surface area contributed by atoms with Crippen molar-refractivity contribution in [3.63, 3.8) is 0 Å². The number of rotatable bonds is 4. The van der Waals surface area contributed by atoms with Crippen molar-refractivity contribution in [1.82, 2.24) is 0 Å². The molecule has 0 fully saturated rings. The van der Waals surface area contributed by atoms with Crippen LogP contribution >= 0.6 is 0 Å². The van der Waals surface area contributed by atoms with Gasteiger partial charge in [-0.2, -0.15) is 13.2 Å². The van der Waals surface area contributed by atoms with Crippen LogP contribution in [-0.4, -0.2) is 0 Å². The molecule has 0 aliphatic carbocycles. The third-order valence-electron chi connectivity index (χ3n) is 4.09. The molecule has 24 heavy (non-hydrogen) atoms. The van der Waals surface area contributed by atoms with E-state index < -0.39 is 11.7 Å². The van der Waals surface area contributed by atoms with Crippen LogP contribution in [0.25, 0.3) is 21.9 Å². The van der Waals surface area contributed by atoms with Crippen molar-refractivity contribution in [3.05, 3.63) is 84.4 Å². The van der Waals surface area contributed by atoms with Gasteiger partial charge in [0.1, 0.15) is 0 Å². The second kappa shape index (κ2) is 6.52. The lowest BCUT2D eigenvalue weighted by Crippen LogP contribution is -2.04. The van der Waals surface area contributed by atoms with Crippen molar-refractivity contribution in [2.24, 2.45) is 0 Å². The lowest BCUT2D eigenvalue weighted by molar-refractivity contribution is -0.137. The van der Waals surface area contributed by atoms with Crippen LogP contribution in [-0.2, 0) is 12.6 Å². The molecule has 122 valence electrons. The Balaban J connectivity index is 1.91. The fraction of sp³-hybridized carbons (Fsp3) is 0.143. The second-order valence-corrected chi connectivity index (χ2v) is 5.80. The predicted octanol–water partition coefficient (Wildman–Crippen LogP) is 6.64. The molecule has 0 bridgehead atoms. The number of hydrogen-bond acceptors (Lipinski definition) is 0. The largest absolute Gasteiger partial charge is 0.416 e. The van der Waals surface area contributed by atoms with Gasteiger partial charge in [-0.15, -0.1) is 6.58 Å². The van der Waals surface area contributed by atoms with Crippen LogP contribution in [0.3, 0.4) is 0 Å². The summed E-state index contributed by atoms with van der Waals surface area (Å²) >= 11 is 0. The minimum atomic E-state index is -4.31. The van der Waals surface area contributed by atoms with Crippen molar-refractivity contribution in [1.29, 1.82) is 0 Å². The molecule has 0 atom stereocenters. The molecule has 3 heteroatoms. The van der Waals surface area contributed by atoms with Crippen LogP contribution in [0.4, 0.5) is 13.2 Å². The van der Waals surface area contributed by atoms with Gasteiger partial charge >= 0.3 is 6.18 Å². The molecular formula is C21H17F3. The van der Waals surface area contributed by atoms with E-state index in [1.54, 1.807) is 6.07 Å². The first-order valence-corrected chi connectivity index (χ1v) is 7.78. The monoisotopic (exact) mass is 326 g/mol. The molecule has 0 radical (unpaired) electrons. The summed E-state index contributed by atoms with van der Waals surface area (Å²) in [5, 5.41) is 1.40. The number of aryl methyl sites for hydroxylation is 1. The molecule has 0 saturated carbocycles. The van der Waals surface area contributed by atoms with Crippen molar-refractivity contribution in [2.45, 2.75) is 19.0 Å². The highest BCUT2D eigenvalue weighted by molar-refractivity contribution is 5.88. The molecule has 0 nitrogen and oxygen atoms in total. The van der Waals surface area contributed by atoms with E-state index >= 15 is 0 Å². The van der Waals surface area contributed by atoms with Gasteiger partial charge in [0.15, 0.2) is 0 Å². The summed E-state index contributed by atoms with van der Waals surface area (Å²) in [5.41, 5.74) is 2.68. The third-order valence-corrected chi connectivity index (χ3v) is 4.09. The first-order valence-electron chi connectivity index (χ1n) is 7.78. The van der Waals surface area contributed by atoms with Crippen LogP contribution in [0.5, 0.6) is 0 Å². The van der Waals surface area contributed by atoms with Gasteiger partial charge in [-0.05, 0) is 58.5 Å². The summed E-state index contributed by atoms with van der Waals surface area (Å²) in [5.74, 6) is 0. The van der Waals surface area contributed by atoms with Crippen molar-refractivity contribution >= 4 is 10.8 Å². The molecular weight excluding hydrogens is 309 g/mol. The Morgan fingerprint density at radius 3 is 2.08 bits per heavy atom. The van der Waals surface area contributed by atoms with Crippen LogP contribution in [0.15, 0.2) is 73.3 Å². The van der Waals surface area contributed by atoms with E-state index in [9.17, 15) is 13.2 Å². The Kier molecular flexibility index (Phi) is 4.43. The summed E-state index contributed by atoms with van der Waals surface area (Å²) < 4.78 is 38.3. The van der Waals surface area contributed by atoms with Crippen molar-refractivity contribution < 1.29 is 13.2 Å². The lowest BCUT2D eigenvalue weighted by atomic mass is 9.98. The minimum Gasteiger partial charge on any atom is -0.166 e. The van der Waals surface area contributed by atoms with Gasteiger partial charge in [0.25, 0.3) is 0 Å². The van der Waals surface area contributed by atoms with Gasteiger partial charge in [0.2, 0.25) is 0 Å². The molecule has 3 aromatic carbocycles. The van der Waals surface area contributed by atoms with Gasteiger partial charge in [-0.25, -0.2) is 0 Å². The summed E-state index contributed by atoms with van der Waals surface area (Å²) in [6, 6.07) is 17.6. The fourth-order valence-electron chi connectivity index (χ4n) is 2.73. The smallest absolute Gasteiger partial charge is 0.166 e. The minimum absolute atomic E-state index is 0.594. The maximum atomic E-state index is 12.8. The number of halogens is 3. The molecule has 0 N–H and O–H groups in total. The SMILES string of the molecule is C=CCCc1ccc(-c2ccc3cc(C(F)(F)F)ccc3c2)cc1. The molecule has 3 aromatic rings. The molecule has 0 heterocycles. The van der Waals surface area contributed by atoms with E-state index in [1.807, 2.05) is 30.3 Å². The average molecular weight is 326 g/mol. The normalized spacial score (nSPS) is 11.6. The maximum absolute atomic E-state index is 12.8. The van der Waals surface area contributed by atoms with E-state index in [4.69, 9.17) is 0 Å². The molecule has 0 aromatic heterocycles. The summed E-state index contributed by atoms with van der Waals surface area (Å²) in [4.78, 5) is 0. The molecule has 0 aliphatic rings. The summed E-state index contributed by atoms with van der Waals surface area (Å²) in [6.45, 7) is 3.72. The van der Waals surface area contributed by atoms with E-state index in [2.05, 4.69) is 18.7 Å². The zero-order valence-corrected chi connectivity index (χ0v) is 13.1. The van der Waals surface area contributed by atoms with E-state index in [1.165, 1.54) is 17.7 Å². The van der Waals surface area contributed by atoms with Gasteiger partial charge in [0, 0.05) is 0 Å². The van der Waals surface area contributed by atoms with E-state index in [-0.39, 0.29) is 0 Å². The number of hydrogen-bond donors (Lipinski definition) is 0. The van der Waals surface area contributed by atoms with Crippen LogP contribution in [0.1, 0.15) is 17.5 Å². The van der Waals surface area contributed by atoms with Crippen molar-refractivity contribution in [2.75, 3.05) is 0 Å². The van der Waals surface area contributed by atoms with E-state index in [0.29, 0.717) is 5.39 Å². The summed E-state index contributed by atoms with van der Waals surface area (Å²) in [7, 11) is 0. The highest BCUT2D eigenvalue weighted by Crippen LogP contribution is 2.32. The Morgan fingerprint density at radius 2 is 1.42 bits per heavy atom. The van der Waals surface area contributed by atoms with Gasteiger partial charge in [0.05, 0.1) is 5.56 Å².